The van der Waals surface area contributed by atoms with E-state index in [0.717, 1.165) is 23.3 Å². The molecule has 1 amide bonds. The second kappa shape index (κ2) is 7.76. The molecule has 1 aromatic rings. The van der Waals surface area contributed by atoms with Crippen molar-refractivity contribution in [2.75, 3.05) is 13.7 Å². The van der Waals surface area contributed by atoms with Crippen LogP contribution in [0, 0.1) is 23.2 Å². The Morgan fingerprint density at radius 1 is 1.14 bits per heavy atom. The van der Waals surface area contributed by atoms with Gasteiger partial charge in [0.15, 0.2) is 6.61 Å². The molecule has 4 aliphatic rings. The number of hydrogen-bond acceptors (Lipinski definition) is 4. The molecule has 5 rings (SSSR count). The highest BCUT2D eigenvalue weighted by molar-refractivity contribution is 5.81. The first-order valence-corrected chi connectivity index (χ1v) is 10.5. The van der Waals surface area contributed by atoms with Crippen molar-refractivity contribution in [3.8, 4) is 5.75 Å². The second-order valence-corrected chi connectivity index (χ2v) is 9.26. The smallest absolute Gasteiger partial charge is 0.310 e. The van der Waals surface area contributed by atoms with Crippen LogP contribution in [0.1, 0.15) is 51.0 Å². The number of esters is 1. The van der Waals surface area contributed by atoms with Crippen LogP contribution >= 0.6 is 0 Å². The number of carbonyl (C=O) groups is 2. The lowest BCUT2D eigenvalue weighted by Gasteiger charge is -2.59. The van der Waals surface area contributed by atoms with Crippen molar-refractivity contribution in [3.05, 3.63) is 29.8 Å². The molecule has 1 N–H and O–H groups in total. The van der Waals surface area contributed by atoms with E-state index in [9.17, 15) is 9.59 Å². The Kier molecular flexibility index (Phi) is 5.35. The lowest BCUT2D eigenvalue weighted by atomic mass is 9.48. The highest BCUT2D eigenvalue weighted by atomic mass is 16.5. The van der Waals surface area contributed by atoms with Crippen LogP contribution in [0.4, 0.5) is 0 Å². The Morgan fingerprint density at radius 3 is 2.39 bits per heavy atom. The molecule has 4 fully saturated rings. The van der Waals surface area contributed by atoms with Crippen molar-refractivity contribution >= 4 is 11.9 Å². The quantitative estimate of drug-likeness (QED) is 0.730. The van der Waals surface area contributed by atoms with Gasteiger partial charge < -0.3 is 14.8 Å². The van der Waals surface area contributed by atoms with Gasteiger partial charge in [0.25, 0.3) is 5.91 Å². The summed E-state index contributed by atoms with van der Waals surface area (Å²) in [6.45, 7) is 1.93. The normalized spacial score (nSPS) is 31.3. The van der Waals surface area contributed by atoms with E-state index in [4.69, 9.17) is 9.47 Å². The third-order valence-corrected chi connectivity index (χ3v) is 7.23. The highest BCUT2D eigenvalue weighted by Crippen LogP contribution is 2.61. The number of nitrogens with one attached hydrogen (secondary N) is 1. The molecule has 1 aromatic carbocycles. The Labute approximate surface area is 167 Å². The molecule has 1 atom stereocenters. The zero-order valence-corrected chi connectivity index (χ0v) is 16.9. The number of rotatable bonds is 7. The summed E-state index contributed by atoms with van der Waals surface area (Å²) in [6.07, 6.45) is 8.04. The number of amides is 1. The number of ether oxygens (including phenoxy) is 2. The lowest BCUT2D eigenvalue weighted by molar-refractivity contribution is -0.148. The van der Waals surface area contributed by atoms with Crippen molar-refractivity contribution in [3.63, 3.8) is 0 Å². The molecule has 4 bridgehead atoms. The van der Waals surface area contributed by atoms with Crippen LogP contribution in [-0.2, 0) is 20.7 Å². The first-order chi connectivity index (χ1) is 13.5. The molecular weight excluding hydrogens is 354 g/mol. The van der Waals surface area contributed by atoms with Gasteiger partial charge in [0.1, 0.15) is 5.75 Å². The SMILES string of the molecule is COc1cccc(CC(=O)OCC(=O)N[C@@H](C)C23CC4CC(CC(C4)C2)C3)c1. The van der Waals surface area contributed by atoms with Gasteiger partial charge in [-0.25, -0.2) is 0 Å². The van der Waals surface area contributed by atoms with Gasteiger partial charge >= 0.3 is 5.97 Å². The molecule has 0 heterocycles. The molecule has 4 saturated carbocycles. The summed E-state index contributed by atoms with van der Waals surface area (Å²) in [5.41, 5.74) is 1.07. The number of benzene rings is 1. The molecular formula is C23H31NO4. The van der Waals surface area contributed by atoms with Crippen molar-refractivity contribution in [1.82, 2.24) is 5.32 Å². The Hall–Kier alpha value is -2.04. The van der Waals surface area contributed by atoms with Crippen LogP contribution in [0.25, 0.3) is 0 Å². The third-order valence-electron chi connectivity index (χ3n) is 7.23. The first kappa shape index (κ1) is 19.3. The largest absolute Gasteiger partial charge is 0.497 e. The minimum Gasteiger partial charge on any atom is -0.497 e. The fraction of sp³-hybridized carbons (Fsp3) is 0.652. The number of carbonyl (C=O) groups excluding carboxylic acids is 2. The van der Waals surface area contributed by atoms with Gasteiger partial charge in [0.2, 0.25) is 0 Å². The van der Waals surface area contributed by atoms with Gasteiger partial charge in [0.05, 0.1) is 13.5 Å². The van der Waals surface area contributed by atoms with Gasteiger partial charge in [-0.1, -0.05) is 12.1 Å². The van der Waals surface area contributed by atoms with E-state index in [0.29, 0.717) is 5.75 Å². The molecule has 152 valence electrons. The standard InChI is InChI=1S/C23H31NO4/c1-15(23-11-17-6-18(12-23)8-19(7-17)13-23)24-21(25)14-28-22(26)10-16-4-3-5-20(9-16)27-2/h3-5,9,15,17-19H,6-8,10-14H2,1-2H3,(H,24,25)/t15-,17?,18?,19?,23?/m0/s1. The van der Waals surface area contributed by atoms with Crippen LogP contribution < -0.4 is 10.1 Å². The molecule has 0 aliphatic heterocycles. The zero-order chi connectivity index (χ0) is 19.7. The molecule has 0 radical (unpaired) electrons. The van der Waals surface area contributed by atoms with Crippen LogP contribution in [0.15, 0.2) is 24.3 Å². The highest BCUT2D eigenvalue weighted by Gasteiger charge is 2.53. The number of hydrogen-bond donors (Lipinski definition) is 1. The zero-order valence-electron chi connectivity index (χ0n) is 16.9. The molecule has 0 saturated heterocycles. The molecule has 0 unspecified atom stereocenters. The van der Waals surface area contributed by atoms with E-state index in [1.807, 2.05) is 18.2 Å². The van der Waals surface area contributed by atoms with E-state index in [-0.39, 0.29) is 30.4 Å². The maximum absolute atomic E-state index is 12.4. The summed E-state index contributed by atoms with van der Waals surface area (Å²) in [7, 11) is 1.59. The fourth-order valence-corrected chi connectivity index (χ4v) is 6.29. The summed E-state index contributed by atoms with van der Waals surface area (Å²) in [6, 6.07) is 7.45. The molecule has 0 aromatic heterocycles. The number of methoxy groups -OCH3 is 1. The molecule has 0 spiro atoms. The molecule has 28 heavy (non-hydrogen) atoms. The summed E-state index contributed by atoms with van der Waals surface area (Å²) >= 11 is 0. The van der Waals surface area contributed by atoms with Crippen LogP contribution in [0.2, 0.25) is 0 Å². The van der Waals surface area contributed by atoms with Crippen molar-refractivity contribution in [1.29, 1.82) is 0 Å². The van der Waals surface area contributed by atoms with Gasteiger partial charge in [-0.3, -0.25) is 9.59 Å². The van der Waals surface area contributed by atoms with Crippen molar-refractivity contribution in [2.45, 2.75) is 57.9 Å². The summed E-state index contributed by atoms with van der Waals surface area (Å²) in [4.78, 5) is 24.5. The van der Waals surface area contributed by atoms with E-state index in [1.165, 1.54) is 38.5 Å². The Bertz CT molecular complexity index is 709. The second-order valence-electron chi connectivity index (χ2n) is 9.26. The maximum atomic E-state index is 12.4. The first-order valence-electron chi connectivity index (χ1n) is 10.5. The minimum absolute atomic E-state index is 0.134. The average molecular weight is 386 g/mol. The monoisotopic (exact) mass is 385 g/mol. The summed E-state index contributed by atoms with van der Waals surface area (Å²) < 4.78 is 10.4. The van der Waals surface area contributed by atoms with E-state index < -0.39 is 5.97 Å². The minimum atomic E-state index is -0.397. The molecule has 4 aliphatic carbocycles. The van der Waals surface area contributed by atoms with Gasteiger partial charge in [-0.15, -0.1) is 0 Å². The van der Waals surface area contributed by atoms with Crippen LogP contribution in [0.3, 0.4) is 0 Å². The molecule has 5 nitrogen and oxygen atoms in total. The average Bonchev–Trinajstić information content (AvgIpc) is 2.65. The third kappa shape index (κ3) is 4.03. The molecule has 5 heteroatoms. The van der Waals surface area contributed by atoms with Crippen molar-refractivity contribution < 1.29 is 19.1 Å². The topological polar surface area (TPSA) is 64.6 Å². The van der Waals surface area contributed by atoms with Gasteiger partial charge in [0, 0.05) is 6.04 Å². The predicted octanol–water partition coefficient (Wildman–Crippen LogP) is 3.50. The Morgan fingerprint density at radius 2 is 1.79 bits per heavy atom. The lowest BCUT2D eigenvalue weighted by Crippen LogP contribution is -2.56. The predicted molar refractivity (Wildman–Crippen MR) is 106 cm³/mol. The van der Waals surface area contributed by atoms with Crippen LogP contribution in [-0.4, -0.2) is 31.6 Å². The summed E-state index contributed by atoms with van der Waals surface area (Å²) in [5, 5.41) is 3.14. The maximum Gasteiger partial charge on any atom is 0.310 e. The van der Waals surface area contributed by atoms with Gasteiger partial charge in [-0.05, 0) is 86.3 Å². The van der Waals surface area contributed by atoms with Gasteiger partial charge in [-0.2, -0.15) is 0 Å². The summed E-state index contributed by atoms with van der Waals surface area (Å²) in [5.74, 6) is 2.67. The van der Waals surface area contributed by atoms with Crippen LogP contribution in [0.5, 0.6) is 5.75 Å². The van der Waals surface area contributed by atoms with E-state index in [1.54, 1.807) is 13.2 Å². The van der Waals surface area contributed by atoms with E-state index in [2.05, 4.69) is 12.2 Å². The van der Waals surface area contributed by atoms with E-state index >= 15 is 0 Å². The fourth-order valence-electron chi connectivity index (χ4n) is 6.29. The van der Waals surface area contributed by atoms with Crippen molar-refractivity contribution in [2.24, 2.45) is 23.2 Å². The Balaban J connectivity index is 1.26.